The zero-order chi connectivity index (χ0) is 12.8. The Hall–Kier alpha value is -1.81. The molecule has 2 aromatic heterocycles. The summed E-state index contributed by atoms with van der Waals surface area (Å²) in [5.41, 5.74) is 4.72. The van der Waals surface area contributed by atoms with Crippen LogP contribution in [0, 0.1) is 6.92 Å². The van der Waals surface area contributed by atoms with Crippen LogP contribution in [0.5, 0.6) is 0 Å². The number of hydrogen-bond donors (Lipinski definition) is 0. The van der Waals surface area contributed by atoms with Crippen LogP contribution in [-0.4, -0.2) is 14.5 Å². The van der Waals surface area contributed by atoms with Gasteiger partial charge in [0.2, 0.25) is 0 Å². The molecule has 0 aliphatic carbocycles. The molecule has 3 aromatic rings. The Morgan fingerprint density at radius 3 is 3.05 bits per heavy atom. The van der Waals surface area contributed by atoms with E-state index in [-0.39, 0.29) is 0 Å². The summed E-state index contributed by atoms with van der Waals surface area (Å²) in [6.07, 6.45) is 1.86. The van der Waals surface area contributed by atoms with E-state index >= 15 is 0 Å². The molecule has 0 fully saturated rings. The first-order valence-electron chi connectivity index (χ1n) is 6.36. The van der Waals surface area contributed by atoms with Gasteiger partial charge in [0.1, 0.15) is 0 Å². The number of hydrogen-bond acceptors (Lipinski definition) is 3. The third-order valence-corrected chi connectivity index (χ3v) is 4.68. The fraction of sp³-hybridized carbons (Fsp3) is 0.200. The largest absolute Gasteiger partial charge is 0.317 e. The minimum absolute atomic E-state index is 0.384. The Kier molecular flexibility index (Phi) is 2.38. The van der Waals surface area contributed by atoms with Gasteiger partial charge in [-0.2, -0.15) is 0 Å². The van der Waals surface area contributed by atoms with Crippen molar-refractivity contribution in [2.24, 2.45) is 0 Å². The first-order chi connectivity index (χ1) is 9.31. The highest BCUT2D eigenvalue weighted by Crippen LogP contribution is 2.43. The van der Waals surface area contributed by atoms with Crippen molar-refractivity contribution >= 4 is 22.8 Å². The van der Waals surface area contributed by atoms with Crippen LogP contribution >= 0.6 is 11.8 Å². The lowest BCUT2D eigenvalue weighted by Gasteiger charge is -2.07. The van der Waals surface area contributed by atoms with Crippen molar-refractivity contribution in [2.45, 2.75) is 23.9 Å². The summed E-state index contributed by atoms with van der Waals surface area (Å²) in [4.78, 5) is 9.18. The first-order valence-corrected chi connectivity index (χ1v) is 7.24. The molecule has 0 saturated carbocycles. The van der Waals surface area contributed by atoms with E-state index in [4.69, 9.17) is 4.98 Å². The van der Waals surface area contributed by atoms with E-state index < -0.39 is 0 Å². The number of rotatable bonds is 1. The van der Waals surface area contributed by atoms with Crippen molar-refractivity contribution in [3.63, 3.8) is 0 Å². The van der Waals surface area contributed by atoms with Gasteiger partial charge in [0.25, 0.3) is 0 Å². The van der Waals surface area contributed by atoms with Gasteiger partial charge in [-0.05, 0) is 36.8 Å². The number of aryl methyl sites for hydroxylation is 1. The van der Waals surface area contributed by atoms with Gasteiger partial charge in [0, 0.05) is 12.7 Å². The summed E-state index contributed by atoms with van der Waals surface area (Å²) < 4.78 is 2.30. The number of aromatic nitrogens is 3. The number of imidazole rings is 1. The number of fused-ring (bicyclic) bond motifs is 3. The Balaban J connectivity index is 1.75. The SMILES string of the molecule is Cc1ccc2c(c1)nc1n2CC(c2ccccn2)S1. The molecule has 1 aliphatic heterocycles. The molecule has 3 nitrogen and oxygen atoms in total. The van der Waals surface area contributed by atoms with Crippen molar-refractivity contribution in [1.29, 1.82) is 0 Å². The molecule has 94 valence electrons. The van der Waals surface area contributed by atoms with E-state index in [9.17, 15) is 0 Å². The first kappa shape index (κ1) is 11.1. The highest BCUT2D eigenvalue weighted by Gasteiger charge is 2.27. The van der Waals surface area contributed by atoms with Crippen molar-refractivity contribution in [3.8, 4) is 0 Å². The molecule has 0 saturated heterocycles. The van der Waals surface area contributed by atoms with Crippen LogP contribution in [0.1, 0.15) is 16.5 Å². The quantitative estimate of drug-likeness (QED) is 0.675. The summed E-state index contributed by atoms with van der Waals surface area (Å²) in [7, 11) is 0. The van der Waals surface area contributed by atoms with E-state index in [1.807, 2.05) is 30.1 Å². The maximum absolute atomic E-state index is 4.73. The minimum atomic E-state index is 0.384. The predicted molar refractivity (Wildman–Crippen MR) is 77.3 cm³/mol. The van der Waals surface area contributed by atoms with Crippen LogP contribution < -0.4 is 0 Å². The van der Waals surface area contributed by atoms with Crippen molar-refractivity contribution in [3.05, 3.63) is 53.9 Å². The number of benzene rings is 1. The summed E-state index contributed by atoms with van der Waals surface area (Å²) in [6.45, 7) is 3.06. The summed E-state index contributed by atoms with van der Waals surface area (Å²) >= 11 is 1.81. The molecule has 0 radical (unpaired) electrons. The molecular weight excluding hydrogens is 254 g/mol. The maximum Gasteiger partial charge on any atom is 0.169 e. The molecule has 1 atom stereocenters. The molecule has 0 N–H and O–H groups in total. The van der Waals surface area contributed by atoms with Crippen LogP contribution in [0.4, 0.5) is 0 Å². The van der Waals surface area contributed by atoms with Crippen LogP contribution in [0.15, 0.2) is 47.8 Å². The van der Waals surface area contributed by atoms with Gasteiger partial charge < -0.3 is 4.57 Å². The molecule has 19 heavy (non-hydrogen) atoms. The molecule has 0 spiro atoms. The average Bonchev–Trinajstić information content (AvgIpc) is 2.96. The fourth-order valence-corrected chi connectivity index (χ4v) is 3.72. The molecular formula is C15H13N3S. The Morgan fingerprint density at radius 2 is 2.21 bits per heavy atom. The normalized spacial score (nSPS) is 17.8. The van der Waals surface area contributed by atoms with Gasteiger partial charge in [-0.25, -0.2) is 4.98 Å². The number of pyridine rings is 1. The fourth-order valence-electron chi connectivity index (χ4n) is 2.53. The van der Waals surface area contributed by atoms with Gasteiger partial charge in [-0.1, -0.05) is 23.9 Å². The molecule has 3 heterocycles. The number of nitrogens with zero attached hydrogens (tertiary/aromatic N) is 3. The van der Waals surface area contributed by atoms with Crippen molar-refractivity contribution in [2.75, 3.05) is 0 Å². The topological polar surface area (TPSA) is 30.7 Å². The minimum Gasteiger partial charge on any atom is -0.317 e. The Bertz CT molecular complexity index is 749. The summed E-state index contributed by atoms with van der Waals surface area (Å²) in [5, 5.41) is 1.49. The molecule has 1 aromatic carbocycles. The van der Waals surface area contributed by atoms with Gasteiger partial charge in [0.05, 0.1) is 22.0 Å². The van der Waals surface area contributed by atoms with Crippen LogP contribution in [0.25, 0.3) is 11.0 Å². The lowest BCUT2D eigenvalue weighted by molar-refractivity contribution is 0.674. The molecule has 1 aliphatic rings. The monoisotopic (exact) mass is 267 g/mol. The molecule has 4 heteroatoms. The second kappa shape index (κ2) is 4.10. The Labute approximate surface area is 115 Å². The highest BCUT2D eigenvalue weighted by atomic mass is 32.2. The number of thioether (sulfide) groups is 1. The Morgan fingerprint density at radius 1 is 1.26 bits per heavy atom. The lowest BCUT2D eigenvalue weighted by atomic mass is 10.2. The summed E-state index contributed by atoms with van der Waals surface area (Å²) in [5.74, 6) is 0. The molecule has 0 amide bonds. The van der Waals surface area contributed by atoms with Crippen LogP contribution in [0.3, 0.4) is 0 Å². The van der Waals surface area contributed by atoms with Crippen molar-refractivity contribution in [1.82, 2.24) is 14.5 Å². The van der Waals surface area contributed by atoms with Gasteiger partial charge >= 0.3 is 0 Å². The van der Waals surface area contributed by atoms with Gasteiger partial charge in [-0.3, -0.25) is 4.98 Å². The van der Waals surface area contributed by atoms with Crippen LogP contribution in [-0.2, 0) is 6.54 Å². The molecule has 1 unspecified atom stereocenters. The van der Waals surface area contributed by atoms with Crippen LogP contribution in [0.2, 0.25) is 0 Å². The molecule has 4 rings (SSSR count). The summed E-state index contributed by atoms with van der Waals surface area (Å²) in [6, 6.07) is 12.6. The van der Waals surface area contributed by atoms with Crippen molar-refractivity contribution < 1.29 is 0 Å². The third kappa shape index (κ3) is 1.75. The smallest absolute Gasteiger partial charge is 0.169 e. The van der Waals surface area contributed by atoms with E-state index in [2.05, 4.69) is 40.7 Å². The highest BCUT2D eigenvalue weighted by molar-refractivity contribution is 7.99. The van der Waals surface area contributed by atoms with E-state index in [1.165, 1.54) is 11.1 Å². The van der Waals surface area contributed by atoms with E-state index in [0.717, 1.165) is 22.9 Å². The van der Waals surface area contributed by atoms with E-state index in [0.29, 0.717) is 5.25 Å². The zero-order valence-corrected chi connectivity index (χ0v) is 11.4. The third-order valence-electron chi connectivity index (χ3n) is 3.48. The second-order valence-electron chi connectivity index (χ2n) is 4.86. The standard InChI is InChI=1S/C15H13N3S/c1-10-5-6-13-12(8-10)17-15-18(13)9-14(19-15)11-4-2-3-7-16-11/h2-8,14H,9H2,1H3. The molecule has 0 bridgehead atoms. The maximum atomic E-state index is 4.73. The van der Waals surface area contributed by atoms with Gasteiger partial charge in [-0.15, -0.1) is 0 Å². The lowest BCUT2D eigenvalue weighted by Crippen LogP contribution is -2.00. The van der Waals surface area contributed by atoms with Gasteiger partial charge in [0.15, 0.2) is 5.16 Å². The van der Waals surface area contributed by atoms with E-state index in [1.54, 1.807) is 0 Å². The predicted octanol–water partition coefficient (Wildman–Crippen LogP) is 3.59. The average molecular weight is 267 g/mol. The second-order valence-corrected chi connectivity index (χ2v) is 6.03. The zero-order valence-electron chi connectivity index (χ0n) is 10.6.